The second-order valence-electron chi connectivity index (χ2n) is 3.57. The van der Waals surface area contributed by atoms with Gasteiger partial charge in [-0.15, -0.1) is 0 Å². The lowest BCUT2D eigenvalue weighted by Crippen LogP contribution is -2.07. The van der Waals surface area contributed by atoms with Crippen molar-refractivity contribution in [3.05, 3.63) is 34.1 Å². The minimum Gasteiger partial charge on any atom is -0.385 e. The Bertz CT molecular complexity index is 358. The van der Waals surface area contributed by atoms with Gasteiger partial charge in [0.15, 0.2) is 0 Å². The average molecular weight is 201 g/mol. The normalized spacial score (nSPS) is 18.8. The van der Waals surface area contributed by atoms with Gasteiger partial charge in [-0.3, -0.25) is 0 Å². The highest BCUT2D eigenvalue weighted by Crippen LogP contribution is 2.47. The van der Waals surface area contributed by atoms with Gasteiger partial charge in [0.05, 0.1) is 10.6 Å². The highest BCUT2D eigenvalue weighted by Gasteiger charge is 2.43. The molecule has 70 valence electrons. The van der Waals surface area contributed by atoms with Crippen LogP contribution in [0.2, 0.25) is 5.02 Å². The third-order valence-electron chi connectivity index (χ3n) is 2.56. The first-order chi connectivity index (χ1) is 6.04. The molecule has 1 aromatic rings. The quantitative estimate of drug-likeness (QED) is 0.739. The number of aliphatic hydroxyl groups is 1. The molecule has 0 aliphatic heterocycles. The number of benzene rings is 1. The molecule has 0 saturated heterocycles. The van der Waals surface area contributed by atoms with Crippen LogP contribution in [0.1, 0.15) is 24.0 Å². The van der Waals surface area contributed by atoms with E-state index in [1.54, 1.807) is 13.0 Å². The molecule has 2 rings (SSSR count). The Morgan fingerprint density at radius 3 is 2.62 bits per heavy atom. The van der Waals surface area contributed by atoms with E-state index in [1.807, 2.05) is 0 Å². The predicted molar refractivity (Wildman–Crippen MR) is 49.3 cm³/mol. The molecule has 1 aliphatic carbocycles. The summed E-state index contributed by atoms with van der Waals surface area (Å²) < 4.78 is 13.0. The first-order valence-corrected chi connectivity index (χ1v) is 4.60. The van der Waals surface area contributed by atoms with Gasteiger partial charge in [-0.1, -0.05) is 17.7 Å². The largest absolute Gasteiger partial charge is 0.385 e. The second kappa shape index (κ2) is 2.69. The summed E-state index contributed by atoms with van der Waals surface area (Å²) in [6.07, 6.45) is 1.49. The van der Waals surface area contributed by atoms with E-state index in [0.29, 0.717) is 5.56 Å². The Kier molecular flexibility index (Phi) is 1.86. The predicted octanol–water partition coefficient (Wildman–Crippen LogP) is 2.77. The summed E-state index contributed by atoms with van der Waals surface area (Å²) >= 11 is 5.73. The topological polar surface area (TPSA) is 20.2 Å². The lowest BCUT2D eigenvalue weighted by molar-refractivity contribution is 0.150. The second-order valence-corrected chi connectivity index (χ2v) is 3.94. The zero-order valence-corrected chi connectivity index (χ0v) is 8.03. The molecule has 0 spiro atoms. The summed E-state index contributed by atoms with van der Waals surface area (Å²) in [5.74, 6) is -0.424. The van der Waals surface area contributed by atoms with Crippen molar-refractivity contribution >= 4 is 11.6 Å². The molecule has 0 bridgehead atoms. The molecular formula is C10H10ClFO. The first-order valence-electron chi connectivity index (χ1n) is 4.22. The van der Waals surface area contributed by atoms with Crippen molar-refractivity contribution in [1.82, 2.24) is 0 Å². The fourth-order valence-corrected chi connectivity index (χ4v) is 1.71. The summed E-state index contributed by atoms with van der Waals surface area (Å²) in [4.78, 5) is 0. The molecule has 0 radical (unpaired) electrons. The number of rotatable bonds is 1. The monoisotopic (exact) mass is 200 g/mol. The van der Waals surface area contributed by atoms with E-state index >= 15 is 0 Å². The Labute approximate surface area is 81.1 Å². The molecule has 1 nitrogen and oxygen atoms in total. The van der Waals surface area contributed by atoms with Crippen molar-refractivity contribution in [3.63, 3.8) is 0 Å². The summed E-state index contributed by atoms with van der Waals surface area (Å²) in [5.41, 5.74) is 0.682. The summed E-state index contributed by atoms with van der Waals surface area (Å²) in [6.45, 7) is 1.73. The van der Waals surface area contributed by atoms with E-state index < -0.39 is 11.4 Å². The molecule has 0 heterocycles. The average Bonchev–Trinajstić information content (AvgIpc) is 2.80. The maximum Gasteiger partial charge on any atom is 0.142 e. The van der Waals surface area contributed by atoms with E-state index in [1.165, 1.54) is 6.07 Å². The van der Waals surface area contributed by atoms with Crippen LogP contribution in [-0.4, -0.2) is 5.11 Å². The van der Waals surface area contributed by atoms with Crippen LogP contribution in [0.4, 0.5) is 4.39 Å². The maximum absolute atomic E-state index is 13.0. The molecule has 0 amide bonds. The molecule has 1 N–H and O–H groups in total. The van der Waals surface area contributed by atoms with Crippen LogP contribution in [-0.2, 0) is 5.60 Å². The van der Waals surface area contributed by atoms with Crippen molar-refractivity contribution < 1.29 is 9.50 Å². The lowest BCUT2D eigenvalue weighted by Gasteiger charge is -2.12. The zero-order chi connectivity index (χ0) is 9.64. The lowest BCUT2D eigenvalue weighted by atomic mass is 10.0. The van der Waals surface area contributed by atoms with Crippen molar-refractivity contribution in [2.45, 2.75) is 25.4 Å². The van der Waals surface area contributed by atoms with E-state index in [9.17, 15) is 9.50 Å². The van der Waals surface area contributed by atoms with Gasteiger partial charge in [0, 0.05) is 0 Å². The van der Waals surface area contributed by atoms with Crippen molar-refractivity contribution in [2.24, 2.45) is 0 Å². The number of halogens is 2. The molecule has 0 unspecified atom stereocenters. The Morgan fingerprint density at radius 2 is 2.08 bits per heavy atom. The van der Waals surface area contributed by atoms with Gasteiger partial charge >= 0.3 is 0 Å². The molecule has 13 heavy (non-hydrogen) atoms. The fraction of sp³-hybridized carbons (Fsp3) is 0.400. The van der Waals surface area contributed by atoms with Crippen molar-refractivity contribution in [2.75, 3.05) is 0 Å². The highest BCUT2D eigenvalue weighted by molar-refractivity contribution is 6.31. The fourth-order valence-electron chi connectivity index (χ4n) is 1.54. The third-order valence-corrected chi connectivity index (χ3v) is 3.03. The van der Waals surface area contributed by atoms with Gasteiger partial charge in [0.25, 0.3) is 0 Å². The van der Waals surface area contributed by atoms with Crippen LogP contribution in [0, 0.1) is 12.7 Å². The van der Waals surface area contributed by atoms with Crippen LogP contribution in [0.25, 0.3) is 0 Å². The molecule has 1 aliphatic rings. The smallest absolute Gasteiger partial charge is 0.142 e. The van der Waals surface area contributed by atoms with E-state index in [-0.39, 0.29) is 5.02 Å². The highest BCUT2D eigenvalue weighted by atomic mass is 35.5. The van der Waals surface area contributed by atoms with Gasteiger partial charge < -0.3 is 5.11 Å². The van der Waals surface area contributed by atoms with Crippen LogP contribution in [0.5, 0.6) is 0 Å². The van der Waals surface area contributed by atoms with Gasteiger partial charge in [-0.2, -0.15) is 0 Å². The van der Waals surface area contributed by atoms with Gasteiger partial charge in [0.2, 0.25) is 0 Å². The van der Waals surface area contributed by atoms with Crippen LogP contribution >= 0.6 is 11.6 Å². The minimum atomic E-state index is -0.735. The van der Waals surface area contributed by atoms with E-state index in [0.717, 1.165) is 18.4 Å². The maximum atomic E-state index is 13.0. The van der Waals surface area contributed by atoms with Gasteiger partial charge in [-0.05, 0) is 37.0 Å². The molecule has 3 heteroatoms. The van der Waals surface area contributed by atoms with Gasteiger partial charge in [-0.25, -0.2) is 4.39 Å². The van der Waals surface area contributed by atoms with Crippen molar-refractivity contribution in [1.29, 1.82) is 0 Å². The van der Waals surface area contributed by atoms with Crippen molar-refractivity contribution in [3.8, 4) is 0 Å². The zero-order valence-electron chi connectivity index (χ0n) is 7.27. The summed E-state index contributed by atoms with van der Waals surface area (Å²) in [6, 6.07) is 2.92. The van der Waals surface area contributed by atoms with Crippen LogP contribution in [0.3, 0.4) is 0 Å². The Hall–Kier alpha value is -0.600. The number of hydrogen-bond acceptors (Lipinski definition) is 1. The SMILES string of the molecule is Cc1c(C2(O)CC2)ccc(F)c1Cl. The van der Waals surface area contributed by atoms with E-state index in [2.05, 4.69) is 0 Å². The molecule has 1 saturated carbocycles. The Balaban J connectivity index is 2.54. The molecule has 0 aromatic heterocycles. The van der Waals surface area contributed by atoms with Crippen LogP contribution in [0.15, 0.2) is 12.1 Å². The molecular weight excluding hydrogens is 191 g/mol. The number of hydrogen-bond donors (Lipinski definition) is 1. The minimum absolute atomic E-state index is 0.123. The molecule has 0 atom stereocenters. The molecule has 1 aromatic carbocycles. The summed E-state index contributed by atoms with van der Waals surface area (Å²) in [7, 11) is 0. The van der Waals surface area contributed by atoms with Gasteiger partial charge in [0.1, 0.15) is 5.82 Å². The standard InChI is InChI=1S/C10H10ClFO/c1-6-7(10(13)4-5-10)2-3-8(12)9(6)11/h2-3,13H,4-5H2,1H3. The molecule has 1 fully saturated rings. The third kappa shape index (κ3) is 1.34. The van der Waals surface area contributed by atoms with E-state index in [4.69, 9.17) is 11.6 Å². The Morgan fingerprint density at radius 1 is 1.46 bits per heavy atom. The van der Waals surface area contributed by atoms with Crippen LogP contribution < -0.4 is 0 Å². The summed E-state index contributed by atoms with van der Waals surface area (Å²) in [5, 5.41) is 9.94. The first kappa shape index (κ1) is 8.97.